The van der Waals surface area contributed by atoms with E-state index in [-0.39, 0.29) is 6.79 Å². The van der Waals surface area contributed by atoms with Crippen LogP contribution in [-0.2, 0) is 6.54 Å². The van der Waals surface area contributed by atoms with Gasteiger partial charge in [0.15, 0.2) is 11.5 Å². The van der Waals surface area contributed by atoms with E-state index >= 15 is 0 Å². The highest BCUT2D eigenvalue weighted by molar-refractivity contribution is 6.34. The van der Waals surface area contributed by atoms with E-state index in [1.54, 1.807) is 7.11 Å². The molecule has 0 saturated carbocycles. The number of ether oxygens (including phenoxy) is 3. The van der Waals surface area contributed by atoms with Crippen molar-refractivity contribution in [2.75, 3.05) is 21.0 Å². The molecule has 1 aliphatic rings. The van der Waals surface area contributed by atoms with Gasteiger partial charge in [-0.25, -0.2) is 0 Å². The number of fused-ring (bicyclic) bond motifs is 1. The van der Waals surface area contributed by atoms with Gasteiger partial charge in [0.05, 0.1) is 7.11 Å². The molecular formula is C10H12ClNO3. The quantitative estimate of drug-likeness (QED) is 0.858. The molecular weight excluding hydrogens is 218 g/mol. The van der Waals surface area contributed by atoms with E-state index in [4.69, 9.17) is 25.8 Å². The van der Waals surface area contributed by atoms with Crippen molar-refractivity contribution in [2.45, 2.75) is 6.54 Å². The van der Waals surface area contributed by atoms with Crippen LogP contribution in [0.25, 0.3) is 0 Å². The molecule has 1 aromatic rings. The van der Waals surface area contributed by atoms with Crippen LogP contribution in [-0.4, -0.2) is 21.0 Å². The molecule has 1 N–H and O–H groups in total. The van der Waals surface area contributed by atoms with Gasteiger partial charge in [-0.2, -0.15) is 0 Å². The zero-order valence-corrected chi connectivity index (χ0v) is 9.35. The topological polar surface area (TPSA) is 39.7 Å². The summed E-state index contributed by atoms with van der Waals surface area (Å²) >= 11 is 6.14. The Balaban J connectivity index is 2.51. The summed E-state index contributed by atoms with van der Waals surface area (Å²) in [5, 5.41) is 3.51. The Morgan fingerprint density at radius 2 is 2.33 bits per heavy atom. The molecule has 0 spiro atoms. The number of hydrogen-bond acceptors (Lipinski definition) is 4. The van der Waals surface area contributed by atoms with Crippen molar-refractivity contribution in [1.82, 2.24) is 5.32 Å². The third kappa shape index (κ3) is 1.70. The van der Waals surface area contributed by atoms with E-state index < -0.39 is 0 Å². The second-order valence-electron chi connectivity index (χ2n) is 3.15. The van der Waals surface area contributed by atoms with Gasteiger partial charge >= 0.3 is 0 Å². The molecule has 0 amide bonds. The molecule has 4 nitrogen and oxygen atoms in total. The maximum Gasteiger partial charge on any atom is 0.231 e. The monoisotopic (exact) mass is 229 g/mol. The Kier molecular flexibility index (Phi) is 2.88. The molecule has 0 atom stereocenters. The molecule has 0 aromatic heterocycles. The van der Waals surface area contributed by atoms with Crippen LogP contribution in [0, 0.1) is 0 Å². The van der Waals surface area contributed by atoms with E-state index in [0.717, 1.165) is 5.56 Å². The lowest BCUT2D eigenvalue weighted by atomic mass is 10.1. The largest absolute Gasteiger partial charge is 0.495 e. The average molecular weight is 230 g/mol. The number of hydrogen-bond donors (Lipinski definition) is 1. The maximum absolute atomic E-state index is 6.14. The molecule has 0 radical (unpaired) electrons. The van der Waals surface area contributed by atoms with Crippen molar-refractivity contribution in [3.05, 3.63) is 16.7 Å². The van der Waals surface area contributed by atoms with Crippen molar-refractivity contribution in [3.63, 3.8) is 0 Å². The fraction of sp³-hybridized carbons (Fsp3) is 0.400. The number of methoxy groups -OCH3 is 1. The van der Waals surface area contributed by atoms with Crippen LogP contribution < -0.4 is 19.5 Å². The lowest BCUT2D eigenvalue weighted by molar-refractivity contribution is 0.174. The molecule has 0 unspecified atom stereocenters. The van der Waals surface area contributed by atoms with E-state index in [1.165, 1.54) is 0 Å². The lowest BCUT2D eigenvalue weighted by Crippen LogP contribution is -2.07. The van der Waals surface area contributed by atoms with Gasteiger partial charge < -0.3 is 19.5 Å². The first-order chi connectivity index (χ1) is 7.27. The fourth-order valence-electron chi connectivity index (χ4n) is 1.58. The third-order valence-corrected chi connectivity index (χ3v) is 2.55. The maximum atomic E-state index is 6.14. The average Bonchev–Trinajstić information content (AvgIpc) is 2.67. The molecule has 15 heavy (non-hydrogen) atoms. The third-order valence-electron chi connectivity index (χ3n) is 2.21. The summed E-state index contributed by atoms with van der Waals surface area (Å²) < 4.78 is 15.8. The van der Waals surface area contributed by atoms with Crippen LogP contribution >= 0.6 is 11.6 Å². The van der Waals surface area contributed by atoms with Gasteiger partial charge in [0.25, 0.3) is 0 Å². The van der Waals surface area contributed by atoms with Gasteiger partial charge in [-0.15, -0.1) is 0 Å². The van der Waals surface area contributed by atoms with E-state index in [0.29, 0.717) is 28.8 Å². The standard InChI is InChI=1S/C10H12ClNO3/c1-12-4-6-3-7-10(15-5-14-7)8(11)9(6)13-2/h3,12H,4-5H2,1-2H3. The number of nitrogens with one attached hydrogen (secondary N) is 1. The van der Waals surface area contributed by atoms with Gasteiger partial charge in [-0.1, -0.05) is 11.6 Å². The minimum atomic E-state index is 0.210. The molecule has 82 valence electrons. The molecule has 5 heteroatoms. The Morgan fingerprint density at radius 3 is 3.00 bits per heavy atom. The highest BCUT2D eigenvalue weighted by Gasteiger charge is 2.23. The predicted molar refractivity (Wildman–Crippen MR) is 56.9 cm³/mol. The number of halogens is 1. The Labute approximate surface area is 93.1 Å². The second-order valence-corrected chi connectivity index (χ2v) is 3.53. The number of rotatable bonds is 3. The summed E-state index contributed by atoms with van der Waals surface area (Å²) in [6.45, 7) is 0.876. The Bertz CT molecular complexity index is 381. The molecule has 1 aromatic carbocycles. The SMILES string of the molecule is CNCc1cc2c(c(Cl)c1OC)OCO2. The molecule has 1 heterocycles. The normalized spacial score (nSPS) is 13.0. The number of benzene rings is 1. The summed E-state index contributed by atoms with van der Waals surface area (Å²) in [7, 11) is 3.44. The van der Waals surface area contributed by atoms with Crippen LogP contribution in [0.15, 0.2) is 6.07 Å². The van der Waals surface area contributed by atoms with Crippen LogP contribution in [0.2, 0.25) is 5.02 Å². The van der Waals surface area contributed by atoms with E-state index in [2.05, 4.69) is 5.32 Å². The highest BCUT2D eigenvalue weighted by Crippen LogP contribution is 2.46. The minimum Gasteiger partial charge on any atom is -0.495 e. The van der Waals surface area contributed by atoms with E-state index in [1.807, 2.05) is 13.1 Å². The van der Waals surface area contributed by atoms with Crippen LogP contribution in [0.5, 0.6) is 17.2 Å². The molecule has 1 aliphatic heterocycles. The van der Waals surface area contributed by atoms with Gasteiger partial charge in [-0.3, -0.25) is 0 Å². The van der Waals surface area contributed by atoms with Crippen molar-refractivity contribution in [1.29, 1.82) is 0 Å². The first-order valence-corrected chi connectivity index (χ1v) is 4.95. The molecule has 0 fully saturated rings. The van der Waals surface area contributed by atoms with Crippen molar-refractivity contribution in [2.24, 2.45) is 0 Å². The molecule has 0 aliphatic carbocycles. The fourth-order valence-corrected chi connectivity index (χ4v) is 1.92. The van der Waals surface area contributed by atoms with Crippen molar-refractivity contribution in [3.8, 4) is 17.2 Å². The molecule has 0 bridgehead atoms. The summed E-state index contributed by atoms with van der Waals surface area (Å²) in [6.07, 6.45) is 0. The van der Waals surface area contributed by atoms with Gasteiger partial charge in [0, 0.05) is 12.1 Å². The van der Waals surface area contributed by atoms with Gasteiger partial charge in [0.2, 0.25) is 6.79 Å². The first-order valence-electron chi connectivity index (χ1n) is 4.57. The summed E-state index contributed by atoms with van der Waals surface area (Å²) in [4.78, 5) is 0. The highest BCUT2D eigenvalue weighted by atomic mass is 35.5. The second kappa shape index (κ2) is 4.16. The Morgan fingerprint density at radius 1 is 1.53 bits per heavy atom. The zero-order valence-electron chi connectivity index (χ0n) is 8.59. The van der Waals surface area contributed by atoms with Gasteiger partial charge in [0.1, 0.15) is 10.8 Å². The van der Waals surface area contributed by atoms with Crippen molar-refractivity contribution < 1.29 is 14.2 Å². The van der Waals surface area contributed by atoms with E-state index in [9.17, 15) is 0 Å². The zero-order chi connectivity index (χ0) is 10.8. The minimum absolute atomic E-state index is 0.210. The first kappa shape index (κ1) is 10.4. The smallest absolute Gasteiger partial charge is 0.231 e. The summed E-state index contributed by atoms with van der Waals surface area (Å²) in [5.74, 6) is 1.87. The van der Waals surface area contributed by atoms with Crippen LogP contribution in [0.1, 0.15) is 5.56 Å². The predicted octanol–water partition coefficient (Wildman–Crippen LogP) is 1.80. The van der Waals surface area contributed by atoms with Crippen molar-refractivity contribution >= 4 is 11.6 Å². The lowest BCUT2D eigenvalue weighted by Gasteiger charge is -2.11. The Hall–Kier alpha value is -1.13. The summed E-state index contributed by atoms with van der Waals surface area (Å²) in [5.41, 5.74) is 0.953. The van der Waals surface area contributed by atoms with Gasteiger partial charge in [-0.05, 0) is 13.1 Å². The summed E-state index contributed by atoms with van der Waals surface area (Å²) in [6, 6.07) is 1.88. The molecule has 2 rings (SSSR count). The van der Waals surface area contributed by atoms with Crippen LogP contribution in [0.3, 0.4) is 0 Å². The van der Waals surface area contributed by atoms with Crippen LogP contribution in [0.4, 0.5) is 0 Å². The molecule has 0 saturated heterocycles.